The maximum absolute atomic E-state index is 12.3. The lowest BCUT2D eigenvalue weighted by atomic mass is 10.0. The lowest BCUT2D eigenvalue weighted by molar-refractivity contribution is -0.125. The number of carbonyl (C=O) groups excluding carboxylic acids is 2. The van der Waals surface area contributed by atoms with Crippen LogP contribution >= 0.6 is 0 Å². The fourth-order valence-electron chi connectivity index (χ4n) is 3.06. The van der Waals surface area contributed by atoms with Crippen LogP contribution in [0.25, 0.3) is 10.8 Å². The molecular weight excluding hydrogens is 338 g/mol. The molecule has 3 aromatic carbocycles. The molecule has 1 N–H and O–H groups in total. The lowest BCUT2D eigenvalue weighted by Gasteiger charge is -2.18. The summed E-state index contributed by atoms with van der Waals surface area (Å²) in [6, 6.07) is 22.9. The summed E-state index contributed by atoms with van der Waals surface area (Å²) in [5.41, 5.74) is 1.49. The van der Waals surface area contributed by atoms with Gasteiger partial charge in [0.25, 0.3) is 5.91 Å². The number of esters is 1. The van der Waals surface area contributed by atoms with Crippen LogP contribution in [0.1, 0.15) is 41.7 Å². The molecule has 27 heavy (non-hydrogen) atoms. The molecule has 0 saturated carbocycles. The molecule has 3 rings (SSSR count). The van der Waals surface area contributed by atoms with Crippen molar-refractivity contribution in [2.24, 2.45) is 0 Å². The first-order valence-corrected chi connectivity index (χ1v) is 9.17. The van der Waals surface area contributed by atoms with Crippen molar-refractivity contribution in [1.82, 2.24) is 5.32 Å². The van der Waals surface area contributed by atoms with Crippen molar-refractivity contribution in [2.75, 3.05) is 6.61 Å². The molecule has 4 heteroatoms. The van der Waals surface area contributed by atoms with E-state index in [0.717, 1.165) is 29.2 Å². The zero-order chi connectivity index (χ0) is 19.1. The summed E-state index contributed by atoms with van der Waals surface area (Å²) in [6.45, 7) is 1.78. The van der Waals surface area contributed by atoms with E-state index in [0.29, 0.717) is 5.56 Å². The molecule has 0 fully saturated rings. The van der Waals surface area contributed by atoms with Gasteiger partial charge in [-0.15, -0.1) is 0 Å². The molecule has 1 amide bonds. The van der Waals surface area contributed by atoms with Crippen LogP contribution in [0.2, 0.25) is 0 Å². The number of hydrogen-bond donors (Lipinski definition) is 1. The summed E-state index contributed by atoms with van der Waals surface area (Å²) in [5.74, 6) is -0.797. The van der Waals surface area contributed by atoms with E-state index in [4.69, 9.17) is 4.74 Å². The van der Waals surface area contributed by atoms with E-state index in [2.05, 4.69) is 12.2 Å². The van der Waals surface area contributed by atoms with Gasteiger partial charge in [-0.3, -0.25) is 4.79 Å². The van der Waals surface area contributed by atoms with Crippen LogP contribution in [0, 0.1) is 0 Å². The Hall–Kier alpha value is -3.14. The summed E-state index contributed by atoms with van der Waals surface area (Å²) in [5, 5.41) is 4.97. The molecule has 0 saturated heterocycles. The van der Waals surface area contributed by atoms with Gasteiger partial charge in [-0.2, -0.15) is 0 Å². The molecule has 138 valence electrons. The number of nitrogens with one attached hydrogen (secondary N) is 1. The minimum absolute atomic E-state index is 0.0805. The topological polar surface area (TPSA) is 55.4 Å². The van der Waals surface area contributed by atoms with Gasteiger partial charge in [-0.1, -0.05) is 74.0 Å². The van der Waals surface area contributed by atoms with Crippen molar-refractivity contribution in [2.45, 2.75) is 25.8 Å². The summed E-state index contributed by atoms with van der Waals surface area (Å²) < 4.78 is 5.20. The average molecular weight is 361 g/mol. The highest BCUT2D eigenvalue weighted by Gasteiger charge is 2.16. The number of fused-ring (bicyclic) bond motifs is 1. The standard InChI is InChI=1S/C23H23NO3/c1-2-8-21(18-10-4-3-5-11-18)24-22(25)16-27-23(26)20-14-13-17-9-6-7-12-19(17)15-20/h3-7,9-15,21H,2,8,16H2,1H3,(H,24,25)/t21-/m0/s1. The van der Waals surface area contributed by atoms with E-state index in [9.17, 15) is 9.59 Å². The largest absolute Gasteiger partial charge is 0.452 e. The normalized spacial score (nSPS) is 11.7. The molecule has 0 aliphatic carbocycles. The molecule has 1 atom stereocenters. The van der Waals surface area contributed by atoms with Crippen LogP contribution in [0.3, 0.4) is 0 Å². The van der Waals surface area contributed by atoms with Gasteiger partial charge in [0, 0.05) is 0 Å². The van der Waals surface area contributed by atoms with Gasteiger partial charge in [0.05, 0.1) is 11.6 Å². The molecule has 0 heterocycles. The Balaban J connectivity index is 1.59. The molecule has 0 aromatic heterocycles. The second kappa shape index (κ2) is 8.99. The monoisotopic (exact) mass is 361 g/mol. The van der Waals surface area contributed by atoms with Crippen molar-refractivity contribution < 1.29 is 14.3 Å². The zero-order valence-corrected chi connectivity index (χ0v) is 15.4. The van der Waals surface area contributed by atoms with Crippen LogP contribution in [0.15, 0.2) is 72.8 Å². The summed E-state index contributed by atoms with van der Waals surface area (Å²) in [7, 11) is 0. The molecular formula is C23H23NO3. The smallest absolute Gasteiger partial charge is 0.338 e. The first kappa shape index (κ1) is 18.6. The summed E-state index contributed by atoms with van der Waals surface area (Å²) in [4.78, 5) is 24.5. The second-order valence-corrected chi connectivity index (χ2v) is 6.46. The predicted octanol–water partition coefficient (Wildman–Crippen LogP) is 4.65. The Bertz CT molecular complexity index is 921. The van der Waals surface area contributed by atoms with Crippen molar-refractivity contribution in [1.29, 1.82) is 0 Å². The maximum atomic E-state index is 12.3. The van der Waals surface area contributed by atoms with Gasteiger partial charge in [0.1, 0.15) is 0 Å². The van der Waals surface area contributed by atoms with E-state index < -0.39 is 5.97 Å². The first-order valence-electron chi connectivity index (χ1n) is 9.17. The predicted molar refractivity (Wildman–Crippen MR) is 106 cm³/mol. The third kappa shape index (κ3) is 4.94. The van der Waals surface area contributed by atoms with Crippen LogP contribution in [-0.2, 0) is 9.53 Å². The van der Waals surface area contributed by atoms with Gasteiger partial charge in [0.2, 0.25) is 0 Å². The van der Waals surface area contributed by atoms with E-state index >= 15 is 0 Å². The number of amides is 1. The molecule has 0 spiro atoms. The fourth-order valence-corrected chi connectivity index (χ4v) is 3.06. The lowest BCUT2D eigenvalue weighted by Crippen LogP contribution is -2.32. The number of rotatable bonds is 7. The Morgan fingerprint density at radius 3 is 2.37 bits per heavy atom. The quantitative estimate of drug-likeness (QED) is 0.623. The van der Waals surface area contributed by atoms with Crippen LogP contribution in [0.4, 0.5) is 0 Å². The van der Waals surface area contributed by atoms with E-state index in [-0.39, 0.29) is 18.6 Å². The van der Waals surface area contributed by atoms with Gasteiger partial charge >= 0.3 is 5.97 Å². The van der Waals surface area contributed by atoms with Crippen molar-refractivity contribution in [3.8, 4) is 0 Å². The molecule has 0 bridgehead atoms. The Morgan fingerprint density at radius 1 is 0.926 bits per heavy atom. The van der Waals surface area contributed by atoms with E-state index in [1.165, 1.54) is 0 Å². The number of carbonyl (C=O) groups is 2. The molecule has 4 nitrogen and oxygen atoms in total. The van der Waals surface area contributed by atoms with E-state index in [1.54, 1.807) is 12.1 Å². The molecule has 0 radical (unpaired) electrons. The molecule has 3 aromatic rings. The first-order chi connectivity index (χ1) is 13.2. The molecule has 0 unspecified atom stereocenters. The van der Waals surface area contributed by atoms with Gasteiger partial charge in [-0.25, -0.2) is 4.79 Å². The van der Waals surface area contributed by atoms with Crippen molar-refractivity contribution in [3.05, 3.63) is 83.9 Å². The van der Waals surface area contributed by atoms with Crippen LogP contribution in [0.5, 0.6) is 0 Å². The zero-order valence-electron chi connectivity index (χ0n) is 15.4. The Kier molecular flexibility index (Phi) is 6.21. The highest BCUT2D eigenvalue weighted by Crippen LogP contribution is 2.18. The van der Waals surface area contributed by atoms with E-state index in [1.807, 2.05) is 60.7 Å². The Morgan fingerprint density at radius 2 is 1.63 bits per heavy atom. The van der Waals surface area contributed by atoms with Gasteiger partial charge < -0.3 is 10.1 Å². The number of ether oxygens (including phenoxy) is 1. The van der Waals surface area contributed by atoms with Crippen molar-refractivity contribution in [3.63, 3.8) is 0 Å². The van der Waals surface area contributed by atoms with Gasteiger partial charge in [0.15, 0.2) is 6.61 Å². The van der Waals surface area contributed by atoms with Crippen LogP contribution < -0.4 is 5.32 Å². The summed E-state index contributed by atoms with van der Waals surface area (Å²) >= 11 is 0. The highest BCUT2D eigenvalue weighted by atomic mass is 16.5. The maximum Gasteiger partial charge on any atom is 0.338 e. The minimum Gasteiger partial charge on any atom is -0.452 e. The molecule has 0 aliphatic heterocycles. The van der Waals surface area contributed by atoms with Gasteiger partial charge in [-0.05, 0) is 34.9 Å². The van der Waals surface area contributed by atoms with Crippen LogP contribution in [-0.4, -0.2) is 18.5 Å². The number of benzene rings is 3. The van der Waals surface area contributed by atoms with Crippen molar-refractivity contribution >= 4 is 22.6 Å². The highest BCUT2D eigenvalue weighted by molar-refractivity contribution is 5.96. The second-order valence-electron chi connectivity index (χ2n) is 6.46. The SMILES string of the molecule is CCC[C@H](NC(=O)COC(=O)c1ccc2ccccc2c1)c1ccccc1. The fraction of sp³-hybridized carbons (Fsp3) is 0.217. The third-order valence-corrected chi connectivity index (χ3v) is 4.43. The minimum atomic E-state index is -0.498. The third-order valence-electron chi connectivity index (χ3n) is 4.43. The molecule has 0 aliphatic rings. The summed E-state index contributed by atoms with van der Waals surface area (Å²) in [6.07, 6.45) is 1.77. The Labute approximate surface area is 159 Å². The number of hydrogen-bond acceptors (Lipinski definition) is 3. The average Bonchev–Trinajstić information content (AvgIpc) is 2.72.